The van der Waals surface area contributed by atoms with E-state index in [1.54, 1.807) is 0 Å². The van der Waals surface area contributed by atoms with Crippen LogP contribution in [0, 0.1) is 0 Å². The van der Waals surface area contributed by atoms with E-state index in [4.69, 9.17) is 10.9 Å². The van der Waals surface area contributed by atoms with Gasteiger partial charge in [-0.15, -0.1) is 0 Å². The van der Waals surface area contributed by atoms with E-state index < -0.39 is 0 Å². The highest BCUT2D eigenvalue weighted by Crippen LogP contribution is 2.00. The summed E-state index contributed by atoms with van der Waals surface area (Å²) in [5, 5.41) is 14.5. The second kappa shape index (κ2) is 8.19. The molecule has 13 heavy (non-hydrogen) atoms. The van der Waals surface area contributed by atoms with Gasteiger partial charge in [-0.3, -0.25) is 0 Å². The van der Waals surface area contributed by atoms with Crippen LogP contribution in [0.15, 0.2) is 5.16 Å². The minimum Gasteiger partial charge on any atom is -0.409 e. The molecule has 0 aliphatic carbocycles. The minimum atomic E-state index is 0.280. The molecule has 78 valence electrons. The van der Waals surface area contributed by atoms with Crippen LogP contribution in [0.25, 0.3) is 0 Å². The number of nitrogens with two attached hydrogens (primary N) is 1. The molecule has 0 aliphatic rings. The van der Waals surface area contributed by atoms with Crippen molar-refractivity contribution in [1.29, 1.82) is 0 Å². The maximum atomic E-state index is 8.27. The van der Waals surface area contributed by atoms with Crippen molar-refractivity contribution in [3.8, 4) is 0 Å². The predicted molar refractivity (Wildman–Crippen MR) is 58.5 cm³/mol. The van der Waals surface area contributed by atoms with Crippen molar-refractivity contribution >= 4 is 17.6 Å². The second-order valence-electron chi connectivity index (χ2n) is 2.86. The van der Waals surface area contributed by atoms with Crippen molar-refractivity contribution in [2.45, 2.75) is 26.3 Å². The van der Waals surface area contributed by atoms with Crippen molar-refractivity contribution < 1.29 is 5.21 Å². The van der Waals surface area contributed by atoms with Crippen LogP contribution in [0.2, 0.25) is 0 Å². The highest BCUT2D eigenvalue weighted by atomic mass is 32.2. The Labute approximate surface area is 84.0 Å². The number of hydrogen-bond donors (Lipinski definition) is 3. The molecule has 1 unspecified atom stereocenters. The van der Waals surface area contributed by atoms with Crippen molar-refractivity contribution in [1.82, 2.24) is 5.32 Å². The highest BCUT2D eigenvalue weighted by molar-refractivity contribution is 7.99. The predicted octanol–water partition coefficient (Wildman–Crippen LogP) is 0.854. The van der Waals surface area contributed by atoms with Gasteiger partial charge in [-0.25, -0.2) is 0 Å². The first kappa shape index (κ1) is 12.6. The zero-order valence-electron chi connectivity index (χ0n) is 8.29. The summed E-state index contributed by atoms with van der Waals surface area (Å²) in [6.07, 6.45) is 0.595. The van der Waals surface area contributed by atoms with Crippen molar-refractivity contribution in [3.05, 3.63) is 0 Å². The lowest BCUT2D eigenvalue weighted by atomic mass is 10.3. The molecule has 0 saturated carbocycles. The van der Waals surface area contributed by atoms with Crippen molar-refractivity contribution in [2.75, 3.05) is 18.1 Å². The van der Waals surface area contributed by atoms with Crippen LogP contribution in [0.5, 0.6) is 0 Å². The van der Waals surface area contributed by atoms with Gasteiger partial charge in [0.25, 0.3) is 0 Å². The van der Waals surface area contributed by atoms with Gasteiger partial charge in [0.1, 0.15) is 5.84 Å². The number of nitrogens with zero attached hydrogens (tertiary/aromatic N) is 1. The molecule has 0 amide bonds. The Morgan fingerprint density at radius 3 is 2.92 bits per heavy atom. The zero-order valence-corrected chi connectivity index (χ0v) is 9.10. The molecule has 5 heteroatoms. The first-order valence-corrected chi connectivity index (χ1v) is 5.63. The van der Waals surface area contributed by atoms with Gasteiger partial charge in [0, 0.05) is 24.8 Å². The van der Waals surface area contributed by atoms with Gasteiger partial charge in [-0.1, -0.05) is 12.1 Å². The molecule has 0 radical (unpaired) electrons. The Morgan fingerprint density at radius 2 is 2.38 bits per heavy atom. The highest BCUT2D eigenvalue weighted by Gasteiger charge is 2.00. The van der Waals surface area contributed by atoms with E-state index in [1.807, 2.05) is 11.8 Å². The van der Waals surface area contributed by atoms with E-state index in [1.165, 1.54) is 0 Å². The van der Waals surface area contributed by atoms with Gasteiger partial charge in [0.15, 0.2) is 0 Å². The van der Waals surface area contributed by atoms with E-state index in [0.29, 0.717) is 12.5 Å². The SMILES string of the molecule is CCSCC(C)NCCC(N)=NO. The summed E-state index contributed by atoms with van der Waals surface area (Å²) in [5.41, 5.74) is 5.31. The quantitative estimate of drug-likeness (QED) is 0.249. The molecule has 0 saturated heterocycles. The number of rotatable bonds is 7. The molecular weight excluding hydrogens is 186 g/mol. The smallest absolute Gasteiger partial charge is 0.140 e. The van der Waals surface area contributed by atoms with E-state index in [-0.39, 0.29) is 5.84 Å². The van der Waals surface area contributed by atoms with Gasteiger partial charge in [0.2, 0.25) is 0 Å². The van der Waals surface area contributed by atoms with E-state index >= 15 is 0 Å². The number of hydrogen-bond acceptors (Lipinski definition) is 4. The number of thioether (sulfide) groups is 1. The van der Waals surface area contributed by atoms with Crippen molar-refractivity contribution in [2.24, 2.45) is 10.9 Å². The second-order valence-corrected chi connectivity index (χ2v) is 4.17. The Balaban J connectivity index is 3.31. The van der Waals surface area contributed by atoms with Crippen LogP contribution < -0.4 is 11.1 Å². The Morgan fingerprint density at radius 1 is 1.69 bits per heavy atom. The third kappa shape index (κ3) is 7.93. The number of amidine groups is 1. The van der Waals surface area contributed by atoms with Gasteiger partial charge in [0.05, 0.1) is 0 Å². The summed E-state index contributed by atoms with van der Waals surface area (Å²) in [6, 6.07) is 0.483. The van der Waals surface area contributed by atoms with Gasteiger partial charge in [-0.05, 0) is 12.7 Å². The Kier molecular flexibility index (Phi) is 7.93. The molecule has 0 fully saturated rings. The summed E-state index contributed by atoms with van der Waals surface area (Å²) >= 11 is 1.91. The van der Waals surface area contributed by atoms with E-state index in [0.717, 1.165) is 18.1 Å². The Hall–Kier alpha value is -0.420. The lowest BCUT2D eigenvalue weighted by Crippen LogP contribution is -2.31. The molecule has 0 heterocycles. The van der Waals surface area contributed by atoms with Crippen LogP contribution in [0.3, 0.4) is 0 Å². The summed E-state index contributed by atoms with van der Waals surface area (Å²) < 4.78 is 0. The molecule has 0 bridgehead atoms. The monoisotopic (exact) mass is 205 g/mol. The molecule has 0 aromatic carbocycles. The Bertz CT molecular complexity index is 152. The lowest BCUT2D eigenvalue weighted by Gasteiger charge is -2.11. The van der Waals surface area contributed by atoms with E-state index in [2.05, 4.69) is 24.3 Å². The normalized spacial score (nSPS) is 14.5. The van der Waals surface area contributed by atoms with Gasteiger partial charge >= 0.3 is 0 Å². The largest absolute Gasteiger partial charge is 0.409 e. The fraction of sp³-hybridized carbons (Fsp3) is 0.875. The average Bonchev–Trinajstić information content (AvgIpc) is 2.14. The minimum absolute atomic E-state index is 0.280. The van der Waals surface area contributed by atoms with Crippen LogP contribution in [0.4, 0.5) is 0 Å². The molecule has 0 spiro atoms. The molecule has 0 rings (SSSR count). The average molecular weight is 205 g/mol. The third-order valence-corrected chi connectivity index (χ3v) is 2.72. The maximum absolute atomic E-state index is 8.27. The molecule has 0 aliphatic heterocycles. The summed E-state index contributed by atoms with van der Waals surface area (Å²) in [7, 11) is 0. The molecule has 0 aromatic heterocycles. The van der Waals surface area contributed by atoms with Gasteiger partial charge < -0.3 is 16.3 Å². The first-order valence-electron chi connectivity index (χ1n) is 4.48. The maximum Gasteiger partial charge on any atom is 0.140 e. The molecular formula is C8H19N3OS. The molecule has 4 nitrogen and oxygen atoms in total. The van der Waals surface area contributed by atoms with Crippen molar-refractivity contribution in [3.63, 3.8) is 0 Å². The molecule has 4 N–H and O–H groups in total. The lowest BCUT2D eigenvalue weighted by molar-refractivity contribution is 0.316. The zero-order chi connectivity index (χ0) is 10.1. The number of oxime groups is 1. The first-order chi connectivity index (χ1) is 6.20. The summed E-state index contributed by atoms with van der Waals surface area (Å²) in [5.74, 6) is 2.53. The fourth-order valence-electron chi connectivity index (χ4n) is 0.850. The number of nitrogens with one attached hydrogen (secondary N) is 1. The van der Waals surface area contributed by atoms with Gasteiger partial charge in [-0.2, -0.15) is 11.8 Å². The topological polar surface area (TPSA) is 70.6 Å². The summed E-state index contributed by atoms with van der Waals surface area (Å²) in [6.45, 7) is 5.05. The summed E-state index contributed by atoms with van der Waals surface area (Å²) in [4.78, 5) is 0. The molecule has 1 atom stereocenters. The van der Waals surface area contributed by atoms with Crippen LogP contribution in [-0.4, -0.2) is 35.1 Å². The standard InChI is InChI=1S/C8H19N3OS/c1-3-13-6-7(2)10-5-4-8(9)11-12/h7,10,12H,3-6H2,1-2H3,(H2,9,11). The third-order valence-electron chi connectivity index (χ3n) is 1.57. The van der Waals surface area contributed by atoms with Crippen LogP contribution in [0.1, 0.15) is 20.3 Å². The fourth-order valence-corrected chi connectivity index (χ4v) is 1.56. The molecule has 0 aromatic rings. The van der Waals surface area contributed by atoms with Crippen LogP contribution in [-0.2, 0) is 0 Å². The van der Waals surface area contributed by atoms with Crippen LogP contribution >= 0.6 is 11.8 Å². The van der Waals surface area contributed by atoms with E-state index in [9.17, 15) is 0 Å².